The zero-order valence-electron chi connectivity index (χ0n) is 44.4. The Balaban J connectivity index is 0.000000233. The molecule has 71 heavy (non-hydrogen) atoms. The number of benzene rings is 2. The number of ether oxygens (including phenoxy) is 10. The van der Waals surface area contributed by atoms with E-state index in [1.54, 1.807) is 12.1 Å². The number of esters is 2. The molecule has 0 bridgehead atoms. The first kappa shape index (κ1) is 55.9. The van der Waals surface area contributed by atoms with Crippen LogP contribution < -0.4 is 9.47 Å². The summed E-state index contributed by atoms with van der Waals surface area (Å²) in [7, 11) is 0. The summed E-state index contributed by atoms with van der Waals surface area (Å²) in [4.78, 5) is 26.5. The van der Waals surface area contributed by atoms with Crippen molar-refractivity contribution in [2.24, 2.45) is 23.7 Å². The van der Waals surface area contributed by atoms with Crippen molar-refractivity contribution >= 4 is 24.1 Å². The maximum absolute atomic E-state index is 13.3. The van der Waals surface area contributed by atoms with Crippen LogP contribution in [0.2, 0.25) is 0 Å². The lowest BCUT2D eigenvalue weighted by Crippen LogP contribution is -2.29. The molecule has 12 atom stereocenters. The Bertz CT molecular complexity index is 2270. The van der Waals surface area contributed by atoms with Gasteiger partial charge in [0.15, 0.2) is 17.4 Å². The second-order valence-electron chi connectivity index (χ2n) is 21.3. The minimum Gasteiger partial charge on any atom is -0.491 e. The molecule has 0 saturated carbocycles. The summed E-state index contributed by atoms with van der Waals surface area (Å²) in [5.74, 6) is -1.14. The smallest absolute Gasteiger partial charge is 0.339 e. The van der Waals surface area contributed by atoms with Crippen molar-refractivity contribution in [1.82, 2.24) is 0 Å². The van der Waals surface area contributed by atoms with Gasteiger partial charge in [-0.15, -0.1) is 0 Å². The molecule has 5 heterocycles. The molecule has 2 N–H and O–H groups in total. The fourth-order valence-electron chi connectivity index (χ4n) is 9.37. The van der Waals surface area contributed by atoms with Crippen LogP contribution in [0.4, 0.5) is 0 Å². The van der Waals surface area contributed by atoms with Gasteiger partial charge in [-0.1, -0.05) is 76.3 Å². The van der Waals surface area contributed by atoms with E-state index in [-0.39, 0.29) is 85.6 Å². The fourth-order valence-corrected chi connectivity index (χ4v) is 9.37. The van der Waals surface area contributed by atoms with Gasteiger partial charge in [0.25, 0.3) is 0 Å². The molecule has 2 unspecified atom stereocenters. The Morgan fingerprint density at radius 2 is 1.04 bits per heavy atom. The van der Waals surface area contributed by atoms with E-state index in [0.29, 0.717) is 59.8 Å². The number of carbonyl (C=O) groups is 2. The summed E-state index contributed by atoms with van der Waals surface area (Å²) in [6.07, 6.45) is 15.4. The first-order chi connectivity index (χ1) is 33.3. The van der Waals surface area contributed by atoms with Gasteiger partial charge in [-0.25, -0.2) is 9.59 Å². The average molecular weight is 989 g/mol. The molecule has 5 aliphatic rings. The van der Waals surface area contributed by atoms with Crippen LogP contribution in [-0.4, -0.2) is 115 Å². The lowest BCUT2D eigenvalue weighted by Gasteiger charge is -2.23. The van der Waals surface area contributed by atoms with Crippen LogP contribution in [0.3, 0.4) is 0 Å². The molecule has 0 spiro atoms. The first-order valence-electron chi connectivity index (χ1n) is 25.3. The molecule has 0 aliphatic carbocycles. The summed E-state index contributed by atoms with van der Waals surface area (Å²) < 4.78 is 59.9. The summed E-state index contributed by atoms with van der Waals surface area (Å²) in [6.45, 7) is 27.8. The third-order valence-corrected chi connectivity index (χ3v) is 13.6. The summed E-state index contributed by atoms with van der Waals surface area (Å²) in [6, 6.07) is 7.25. The fraction of sp³-hybridized carbons (Fsp3) is 0.614. The van der Waals surface area contributed by atoms with Gasteiger partial charge in [0.2, 0.25) is 0 Å². The van der Waals surface area contributed by atoms with Gasteiger partial charge in [0.1, 0.15) is 49.1 Å². The summed E-state index contributed by atoms with van der Waals surface area (Å²) in [5, 5.41) is 18.7. The highest BCUT2D eigenvalue weighted by Crippen LogP contribution is 2.38. The van der Waals surface area contributed by atoms with Gasteiger partial charge < -0.3 is 57.6 Å². The number of aliphatic hydroxyl groups is 2. The van der Waals surface area contributed by atoms with E-state index in [0.717, 1.165) is 11.1 Å². The Labute approximate surface area is 421 Å². The molecule has 3 saturated heterocycles. The highest BCUT2D eigenvalue weighted by Gasteiger charge is 2.44. The monoisotopic (exact) mass is 989 g/mol. The van der Waals surface area contributed by atoms with Crippen LogP contribution in [-0.2, 0) is 37.9 Å². The quantitative estimate of drug-likeness (QED) is 0.199. The minimum absolute atomic E-state index is 0.0185. The van der Waals surface area contributed by atoms with Crippen molar-refractivity contribution in [2.75, 3.05) is 26.4 Å². The third kappa shape index (κ3) is 15.1. The van der Waals surface area contributed by atoms with Crippen LogP contribution in [0.15, 0.2) is 60.7 Å². The van der Waals surface area contributed by atoms with Crippen molar-refractivity contribution in [1.29, 1.82) is 0 Å². The molecule has 0 aromatic heterocycles. The van der Waals surface area contributed by atoms with Crippen molar-refractivity contribution in [3.05, 3.63) is 94.1 Å². The molecule has 2 aromatic rings. The van der Waals surface area contributed by atoms with Gasteiger partial charge in [-0.3, -0.25) is 0 Å². The lowest BCUT2D eigenvalue weighted by molar-refractivity contribution is -0.148. The normalized spacial score (nSPS) is 33.6. The SMILES string of the molecule is Cc1cc(OC[C@H](O)CO)cc2c1C(=O)O[C@@H](C)[C@H](C)/C=C\[C@@H](C)C1OC(C)(C)O[C@H]1C/C=C/2.Cc1cc(OC[C@H]2COC(C)(C)O2)cc2c1C(=O)O[C@@H](C)[C@H](C)/C=C\[C@@H](C)C1OC(C)(C)O[C@H]1C/C=C/2. The van der Waals surface area contributed by atoms with Crippen LogP contribution in [0.1, 0.15) is 139 Å². The summed E-state index contributed by atoms with van der Waals surface area (Å²) in [5.41, 5.74) is 3.92. The van der Waals surface area contributed by atoms with E-state index < -0.39 is 29.4 Å². The van der Waals surface area contributed by atoms with Crippen molar-refractivity contribution in [3.8, 4) is 11.5 Å². The van der Waals surface area contributed by atoms with Crippen LogP contribution in [0, 0.1) is 37.5 Å². The number of aryl methyl sites for hydroxylation is 2. The maximum atomic E-state index is 13.3. The van der Waals surface area contributed by atoms with Gasteiger partial charge in [0, 0.05) is 23.7 Å². The lowest BCUT2D eigenvalue weighted by atomic mass is 9.94. The second kappa shape index (κ2) is 23.7. The predicted octanol–water partition coefficient (Wildman–Crippen LogP) is 9.87. The summed E-state index contributed by atoms with van der Waals surface area (Å²) >= 11 is 0. The third-order valence-electron chi connectivity index (χ3n) is 13.6. The maximum Gasteiger partial charge on any atom is 0.339 e. The van der Waals surface area contributed by atoms with E-state index in [1.807, 2.05) is 113 Å². The van der Waals surface area contributed by atoms with E-state index in [4.69, 9.17) is 52.5 Å². The zero-order chi connectivity index (χ0) is 52.0. The number of carbonyl (C=O) groups excluding carboxylic acids is 2. The van der Waals surface area contributed by atoms with Crippen molar-refractivity contribution in [2.45, 2.75) is 176 Å². The Morgan fingerprint density at radius 1 is 0.606 bits per heavy atom. The standard InChI is InChI=1S/C30H42O7.C27H38O7/c1-18-12-13-19(2)27-25(36-30(7,8)37-27)11-9-10-22-15-23(32-16-24-17-33-29(5,6)35-24)14-20(3)26(22)28(31)34-21(18)4;1-16-10-11-17(2)25-23(33-27(5,6)34-25)9-7-8-20-13-22(31-15-21(29)14-28)12-18(3)24(20)26(30)32-19(16)4/h9-10,12-15,18-19,21,24-25,27H,11,16-17H2,1-8H3;7-8,10-13,16-17,19,21,23,25,28-29H,9,14-15H2,1-6H3/b10-9+,13-12-;8-7+,11-10-/t18-,19-,21+,24+,25+,27?;16-,17-,19+,21-,23+,25?/m11/s1. The zero-order valence-corrected chi connectivity index (χ0v) is 44.4. The number of hydrogen-bond acceptors (Lipinski definition) is 14. The van der Waals surface area contributed by atoms with Crippen LogP contribution >= 0.6 is 0 Å². The Kier molecular flexibility index (Phi) is 18.6. The molecule has 2 aromatic carbocycles. The molecule has 0 radical (unpaired) electrons. The van der Waals surface area contributed by atoms with Gasteiger partial charge in [-0.2, -0.15) is 0 Å². The molecule has 14 nitrogen and oxygen atoms in total. The Hall–Kier alpha value is -4.38. The minimum atomic E-state index is -0.980. The largest absolute Gasteiger partial charge is 0.491 e. The van der Waals surface area contributed by atoms with Crippen molar-refractivity contribution < 1.29 is 67.2 Å². The van der Waals surface area contributed by atoms with E-state index in [1.165, 1.54) is 0 Å². The molecule has 3 fully saturated rings. The molecule has 0 amide bonds. The highest BCUT2D eigenvalue weighted by molar-refractivity contribution is 5.96. The van der Waals surface area contributed by atoms with E-state index in [9.17, 15) is 14.7 Å². The van der Waals surface area contributed by atoms with Gasteiger partial charge in [-0.05, 0) is 129 Å². The number of aliphatic hydroxyl groups excluding tert-OH is 2. The first-order valence-corrected chi connectivity index (χ1v) is 25.3. The number of cyclic esters (lactones) is 2. The predicted molar refractivity (Wildman–Crippen MR) is 271 cm³/mol. The number of fused-ring (bicyclic) bond motifs is 4. The molecular formula is C57H80O14. The molecule has 392 valence electrons. The number of hydrogen-bond donors (Lipinski definition) is 2. The topological polar surface area (TPSA) is 167 Å². The average Bonchev–Trinajstić information content (AvgIpc) is 3.93. The molecule has 5 aliphatic heterocycles. The van der Waals surface area contributed by atoms with Gasteiger partial charge in [0.05, 0.1) is 48.8 Å². The van der Waals surface area contributed by atoms with Crippen molar-refractivity contribution in [3.63, 3.8) is 0 Å². The second-order valence-corrected chi connectivity index (χ2v) is 21.3. The highest BCUT2D eigenvalue weighted by atomic mass is 16.8. The Morgan fingerprint density at radius 3 is 1.46 bits per heavy atom. The molecule has 14 heteroatoms. The molecule has 7 rings (SSSR count). The van der Waals surface area contributed by atoms with E-state index >= 15 is 0 Å². The van der Waals surface area contributed by atoms with Crippen LogP contribution in [0.25, 0.3) is 12.2 Å². The molecular weight excluding hydrogens is 909 g/mol. The van der Waals surface area contributed by atoms with Crippen LogP contribution in [0.5, 0.6) is 11.5 Å². The number of rotatable bonds is 7. The van der Waals surface area contributed by atoms with E-state index in [2.05, 4.69) is 45.1 Å². The van der Waals surface area contributed by atoms with Gasteiger partial charge >= 0.3 is 11.9 Å².